The average Bonchev–Trinajstić information content (AvgIpc) is 2.93. The van der Waals surface area contributed by atoms with Gasteiger partial charge in [-0.15, -0.1) is 0 Å². The predicted octanol–water partition coefficient (Wildman–Crippen LogP) is 5.22. The minimum Gasteiger partial charge on any atom is -0.465 e. The van der Waals surface area contributed by atoms with Gasteiger partial charge in [-0.3, -0.25) is 10.1 Å². The van der Waals surface area contributed by atoms with Crippen LogP contribution in [0.2, 0.25) is 5.02 Å². The first-order chi connectivity index (χ1) is 12.3. The summed E-state index contributed by atoms with van der Waals surface area (Å²) in [4.78, 5) is 27.6. The molecule has 0 bridgehead atoms. The highest BCUT2D eigenvalue weighted by Crippen LogP contribution is 2.35. The van der Waals surface area contributed by atoms with Crippen LogP contribution in [0.5, 0.6) is 0 Å². The van der Waals surface area contributed by atoms with E-state index in [-0.39, 0.29) is 16.1 Å². The summed E-state index contributed by atoms with van der Waals surface area (Å²) in [5, 5.41) is 14.4. The van der Waals surface area contributed by atoms with Crippen molar-refractivity contribution in [3.05, 3.63) is 51.5 Å². The minimum atomic E-state index is -1.21. The molecule has 3 rings (SSSR count). The van der Waals surface area contributed by atoms with Gasteiger partial charge in [0.15, 0.2) is 5.13 Å². The maximum atomic E-state index is 12.7. The molecule has 0 unspecified atom stereocenters. The van der Waals surface area contributed by atoms with Gasteiger partial charge in [0.25, 0.3) is 5.91 Å². The molecular formula is C18H16ClN3O3S. The Morgan fingerprint density at radius 3 is 2.38 bits per heavy atom. The van der Waals surface area contributed by atoms with Gasteiger partial charge in [-0.25, -0.2) is 9.78 Å². The Kier molecular flexibility index (Phi) is 4.84. The normalized spacial score (nSPS) is 10.8. The number of nitrogens with zero attached hydrogens (tertiary/aromatic N) is 1. The van der Waals surface area contributed by atoms with Gasteiger partial charge in [-0.2, -0.15) is 0 Å². The molecule has 134 valence electrons. The van der Waals surface area contributed by atoms with E-state index < -0.39 is 6.09 Å². The van der Waals surface area contributed by atoms with Crippen LogP contribution in [-0.2, 0) is 0 Å². The number of benzene rings is 2. The molecule has 0 radical (unpaired) electrons. The van der Waals surface area contributed by atoms with Gasteiger partial charge >= 0.3 is 6.09 Å². The van der Waals surface area contributed by atoms with Crippen LogP contribution in [-0.4, -0.2) is 22.1 Å². The molecule has 6 nitrogen and oxygen atoms in total. The van der Waals surface area contributed by atoms with E-state index in [4.69, 9.17) is 16.7 Å². The zero-order chi connectivity index (χ0) is 19.0. The smallest absolute Gasteiger partial charge is 0.410 e. The molecule has 8 heteroatoms. The van der Waals surface area contributed by atoms with E-state index in [9.17, 15) is 9.59 Å². The average molecular weight is 390 g/mol. The molecule has 2 amide bonds. The maximum Gasteiger partial charge on any atom is 0.410 e. The summed E-state index contributed by atoms with van der Waals surface area (Å²) >= 11 is 7.48. The first kappa shape index (κ1) is 18.2. The first-order valence-electron chi connectivity index (χ1n) is 7.74. The van der Waals surface area contributed by atoms with Gasteiger partial charge in [0.2, 0.25) is 0 Å². The van der Waals surface area contributed by atoms with Gasteiger partial charge in [-0.05, 0) is 44.0 Å². The van der Waals surface area contributed by atoms with Crippen LogP contribution in [0.15, 0.2) is 24.3 Å². The standard InChI is InChI=1S/C18H16ClN3O3S/c1-8-6-9(2)14(10(3)7-8)21-16(23)11-4-5-12-15(13(11)19)26-17(20-12)22-18(24)25/h4-7H,1-3H3,(H,20,22)(H,21,23)(H,24,25). The number of aromatic nitrogens is 1. The van der Waals surface area contributed by atoms with E-state index in [1.54, 1.807) is 12.1 Å². The van der Waals surface area contributed by atoms with Crippen molar-refractivity contribution in [3.63, 3.8) is 0 Å². The zero-order valence-electron chi connectivity index (χ0n) is 14.3. The molecule has 26 heavy (non-hydrogen) atoms. The number of thiazole rings is 1. The molecule has 0 atom stereocenters. The fraction of sp³-hybridized carbons (Fsp3) is 0.167. The molecule has 1 aromatic heterocycles. The highest BCUT2D eigenvalue weighted by Gasteiger charge is 2.18. The third kappa shape index (κ3) is 3.49. The fourth-order valence-corrected chi connectivity index (χ4v) is 4.09. The van der Waals surface area contributed by atoms with E-state index in [2.05, 4.69) is 15.6 Å². The summed E-state index contributed by atoms with van der Waals surface area (Å²) in [7, 11) is 0. The van der Waals surface area contributed by atoms with Crippen molar-refractivity contribution in [1.29, 1.82) is 0 Å². The van der Waals surface area contributed by atoms with E-state index in [0.29, 0.717) is 15.8 Å². The van der Waals surface area contributed by atoms with Crippen molar-refractivity contribution in [2.75, 3.05) is 10.6 Å². The number of anilines is 2. The fourth-order valence-electron chi connectivity index (χ4n) is 2.84. The lowest BCUT2D eigenvalue weighted by molar-refractivity contribution is 0.102. The predicted molar refractivity (Wildman–Crippen MR) is 105 cm³/mol. The summed E-state index contributed by atoms with van der Waals surface area (Å²) in [6.45, 7) is 5.88. The quantitative estimate of drug-likeness (QED) is 0.572. The summed E-state index contributed by atoms with van der Waals surface area (Å²) in [5.74, 6) is -0.326. The largest absolute Gasteiger partial charge is 0.465 e. The third-order valence-electron chi connectivity index (χ3n) is 3.87. The summed E-state index contributed by atoms with van der Waals surface area (Å²) < 4.78 is 0.556. The van der Waals surface area contributed by atoms with Crippen LogP contribution < -0.4 is 10.6 Å². The second-order valence-corrected chi connectivity index (χ2v) is 7.33. The van der Waals surface area contributed by atoms with Crippen molar-refractivity contribution >= 4 is 56.0 Å². The molecule has 0 saturated carbocycles. The number of amides is 2. The monoisotopic (exact) mass is 389 g/mol. The van der Waals surface area contributed by atoms with E-state index >= 15 is 0 Å². The highest BCUT2D eigenvalue weighted by atomic mass is 35.5. The number of aryl methyl sites for hydroxylation is 3. The second kappa shape index (κ2) is 6.93. The zero-order valence-corrected chi connectivity index (χ0v) is 15.9. The number of carbonyl (C=O) groups excluding carboxylic acids is 1. The number of rotatable bonds is 3. The van der Waals surface area contributed by atoms with Gasteiger partial charge in [0.05, 0.1) is 20.8 Å². The van der Waals surface area contributed by atoms with Gasteiger partial charge in [0.1, 0.15) is 0 Å². The van der Waals surface area contributed by atoms with Crippen LogP contribution >= 0.6 is 22.9 Å². The molecule has 2 aromatic carbocycles. The molecule has 0 fully saturated rings. The summed E-state index contributed by atoms with van der Waals surface area (Å²) in [6, 6.07) is 7.23. The van der Waals surface area contributed by atoms with Crippen molar-refractivity contribution < 1.29 is 14.7 Å². The van der Waals surface area contributed by atoms with Crippen molar-refractivity contribution in [1.82, 2.24) is 4.98 Å². The molecular weight excluding hydrogens is 374 g/mol. The first-order valence-corrected chi connectivity index (χ1v) is 8.94. The van der Waals surface area contributed by atoms with Crippen molar-refractivity contribution in [3.8, 4) is 0 Å². The second-order valence-electron chi connectivity index (χ2n) is 5.95. The molecule has 0 aliphatic heterocycles. The van der Waals surface area contributed by atoms with Crippen LogP contribution in [0.25, 0.3) is 10.2 Å². The number of carbonyl (C=O) groups is 2. The Morgan fingerprint density at radius 1 is 1.12 bits per heavy atom. The number of carboxylic acid groups (broad SMARTS) is 1. The number of nitrogens with one attached hydrogen (secondary N) is 2. The van der Waals surface area contributed by atoms with E-state index in [0.717, 1.165) is 33.7 Å². The number of fused-ring (bicyclic) bond motifs is 1. The number of halogens is 1. The van der Waals surface area contributed by atoms with Crippen molar-refractivity contribution in [2.24, 2.45) is 0 Å². The van der Waals surface area contributed by atoms with Crippen LogP contribution in [0.4, 0.5) is 15.6 Å². The maximum absolute atomic E-state index is 12.7. The molecule has 0 saturated heterocycles. The number of hydrogen-bond donors (Lipinski definition) is 3. The van der Waals surface area contributed by atoms with Gasteiger partial charge < -0.3 is 10.4 Å². The summed E-state index contributed by atoms with van der Waals surface area (Å²) in [5.41, 5.74) is 4.67. The SMILES string of the molecule is Cc1cc(C)c(NC(=O)c2ccc3nc(NC(=O)O)sc3c2Cl)c(C)c1. The Bertz CT molecular complexity index is 1020. The van der Waals surface area contributed by atoms with Crippen LogP contribution in [0.1, 0.15) is 27.0 Å². The molecule has 1 heterocycles. The lowest BCUT2D eigenvalue weighted by Gasteiger charge is -2.13. The Morgan fingerprint density at radius 2 is 1.77 bits per heavy atom. The Labute approximate surface area is 158 Å². The molecule has 0 aliphatic carbocycles. The van der Waals surface area contributed by atoms with Crippen LogP contribution in [0.3, 0.4) is 0 Å². The van der Waals surface area contributed by atoms with Gasteiger partial charge in [-0.1, -0.05) is 40.6 Å². The minimum absolute atomic E-state index is 0.206. The van der Waals surface area contributed by atoms with E-state index in [1.807, 2.05) is 32.9 Å². The highest BCUT2D eigenvalue weighted by molar-refractivity contribution is 7.23. The Hall–Kier alpha value is -2.64. The lowest BCUT2D eigenvalue weighted by Crippen LogP contribution is -2.14. The Balaban J connectivity index is 1.96. The third-order valence-corrected chi connectivity index (χ3v) is 5.38. The number of hydrogen-bond acceptors (Lipinski definition) is 4. The molecule has 3 aromatic rings. The van der Waals surface area contributed by atoms with Gasteiger partial charge in [0, 0.05) is 5.69 Å². The molecule has 0 aliphatic rings. The van der Waals surface area contributed by atoms with Crippen molar-refractivity contribution in [2.45, 2.75) is 20.8 Å². The topological polar surface area (TPSA) is 91.3 Å². The van der Waals surface area contributed by atoms with Crippen LogP contribution in [0, 0.1) is 20.8 Å². The lowest BCUT2D eigenvalue weighted by atomic mass is 10.0. The molecule has 3 N–H and O–H groups in total. The van der Waals surface area contributed by atoms with E-state index in [1.165, 1.54) is 0 Å². The molecule has 0 spiro atoms. The summed E-state index contributed by atoms with van der Waals surface area (Å²) in [6.07, 6.45) is -1.21.